The van der Waals surface area contributed by atoms with Crippen LogP contribution in [-0.2, 0) is 29.0 Å². The highest BCUT2D eigenvalue weighted by atomic mass is 16.5. The lowest BCUT2D eigenvalue weighted by atomic mass is 9.99. The number of carbonyl (C=O) groups excluding carboxylic acids is 2. The molecule has 0 heterocycles. The van der Waals surface area contributed by atoms with Gasteiger partial charge in [0.05, 0.1) is 21.3 Å². The molecular weight excluding hydrogens is 492 g/mol. The van der Waals surface area contributed by atoms with E-state index in [0.717, 1.165) is 16.7 Å². The number of nitrogens with one attached hydrogen (secondary N) is 1. The summed E-state index contributed by atoms with van der Waals surface area (Å²) < 4.78 is 16.2. The van der Waals surface area contributed by atoms with E-state index in [1.807, 2.05) is 93.6 Å². The van der Waals surface area contributed by atoms with Gasteiger partial charge in [0, 0.05) is 24.9 Å². The van der Waals surface area contributed by atoms with Crippen molar-refractivity contribution in [3.05, 3.63) is 89.5 Å². The Morgan fingerprint density at radius 2 is 1.49 bits per heavy atom. The minimum absolute atomic E-state index is 0.113. The lowest BCUT2D eigenvalue weighted by Crippen LogP contribution is -2.54. The van der Waals surface area contributed by atoms with Crippen LogP contribution in [0.4, 0.5) is 0 Å². The molecular formula is C32H40N2O5. The topological polar surface area (TPSA) is 77.1 Å². The Morgan fingerprint density at radius 1 is 0.795 bits per heavy atom. The Morgan fingerprint density at radius 3 is 2.13 bits per heavy atom. The highest BCUT2D eigenvalue weighted by Crippen LogP contribution is 2.28. The zero-order valence-electron chi connectivity index (χ0n) is 23.8. The Kier molecular flexibility index (Phi) is 10.4. The Bertz CT molecular complexity index is 1240. The molecule has 2 amide bonds. The van der Waals surface area contributed by atoms with Crippen molar-refractivity contribution in [2.75, 3.05) is 21.3 Å². The van der Waals surface area contributed by atoms with Crippen molar-refractivity contribution < 1.29 is 23.8 Å². The first kappa shape index (κ1) is 29.6. The quantitative estimate of drug-likeness (QED) is 0.347. The summed E-state index contributed by atoms with van der Waals surface area (Å²) in [5.74, 6) is 1.64. The van der Waals surface area contributed by atoms with E-state index in [4.69, 9.17) is 14.2 Å². The molecule has 0 aliphatic heterocycles. The third-order valence-electron chi connectivity index (χ3n) is 6.33. The highest BCUT2D eigenvalue weighted by Gasteiger charge is 2.32. The molecule has 0 saturated heterocycles. The van der Waals surface area contributed by atoms with Gasteiger partial charge in [-0.2, -0.15) is 0 Å². The lowest BCUT2D eigenvalue weighted by Gasteiger charge is -2.34. The summed E-state index contributed by atoms with van der Waals surface area (Å²) in [7, 11) is 4.79. The molecule has 0 aliphatic rings. The van der Waals surface area contributed by atoms with Crippen LogP contribution in [0.1, 0.15) is 43.9 Å². The Hall–Kier alpha value is -4.00. The Labute approximate surface area is 232 Å². The number of aryl methyl sites for hydroxylation is 1. The summed E-state index contributed by atoms with van der Waals surface area (Å²) in [4.78, 5) is 29.3. The molecule has 0 bridgehead atoms. The maximum atomic E-state index is 13.9. The van der Waals surface area contributed by atoms with Crippen LogP contribution in [0.2, 0.25) is 0 Å². The molecule has 1 unspecified atom stereocenters. The number of hydrogen-bond acceptors (Lipinski definition) is 5. The zero-order chi connectivity index (χ0) is 28.4. The van der Waals surface area contributed by atoms with Crippen molar-refractivity contribution in [3.63, 3.8) is 0 Å². The van der Waals surface area contributed by atoms with Gasteiger partial charge in [-0.15, -0.1) is 0 Å². The van der Waals surface area contributed by atoms with E-state index in [0.29, 0.717) is 30.1 Å². The van der Waals surface area contributed by atoms with Crippen molar-refractivity contribution in [1.29, 1.82) is 0 Å². The maximum absolute atomic E-state index is 13.9. The standard InChI is InChI=1S/C32H40N2O5/c1-32(2,3)33-31(36)27(20-23-11-8-7-9-12-23)34(22-25-13-10-14-26(19-25)37-4)30(35)18-16-24-15-17-28(38-5)29(21-24)39-6/h7-15,17,19,21,27H,16,18,20,22H2,1-6H3,(H,33,36). The minimum atomic E-state index is -0.698. The predicted octanol–water partition coefficient (Wildman–Crippen LogP) is 5.20. The average molecular weight is 533 g/mol. The van der Waals surface area contributed by atoms with Crippen molar-refractivity contribution in [2.24, 2.45) is 0 Å². The molecule has 3 rings (SSSR count). The second-order valence-electron chi connectivity index (χ2n) is 10.5. The largest absolute Gasteiger partial charge is 0.497 e. The van der Waals surface area contributed by atoms with E-state index in [-0.39, 0.29) is 24.8 Å². The Balaban J connectivity index is 1.94. The van der Waals surface area contributed by atoms with Gasteiger partial charge in [-0.1, -0.05) is 48.5 Å². The molecule has 1 atom stereocenters. The third kappa shape index (κ3) is 8.77. The van der Waals surface area contributed by atoms with Crippen molar-refractivity contribution in [3.8, 4) is 17.2 Å². The summed E-state index contributed by atoms with van der Waals surface area (Å²) >= 11 is 0. The molecule has 0 spiro atoms. The van der Waals surface area contributed by atoms with Crippen LogP contribution in [0.15, 0.2) is 72.8 Å². The lowest BCUT2D eigenvalue weighted by molar-refractivity contribution is -0.141. The van der Waals surface area contributed by atoms with Crippen LogP contribution in [0, 0.1) is 0 Å². The molecule has 3 aromatic carbocycles. The first-order valence-corrected chi connectivity index (χ1v) is 13.1. The molecule has 1 N–H and O–H groups in total. The van der Waals surface area contributed by atoms with E-state index in [1.165, 1.54) is 0 Å². The fourth-order valence-electron chi connectivity index (χ4n) is 4.41. The van der Waals surface area contributed by atoms with Crippen LogP contribution in [-0.4, -0.2) is 49.6 Å². The molecule has 3 aromatic rings. The second kappa shape index (κ2) is 13.7. The van der Waals surface area contributed by atoms with Gasteiger partial charge in [0.25, 0.3) is 0 Å². The van der Waals surface area contributed by atoms with Gasteiger partial charge in [0.1, 0.15) is 11.8 Å². The van der Waals surface area contributed by atoms with Gasteiger partial charge in [-0.3, -0.25) is 9.59 Å². The van der Waals surface area contributed by atoms with Crippen LogP contribution in [0.25, 0.3) is 0 Å². The van der Waals surface area contributed by atoms with E-state index < -0.39 is 11.6 Å². The molecule has 7 heteroatoms. The van der Waals surface area contributed by atoms with Gasteiger partial charge in [0.15, 0.2) is 11.5 Å². The molecule has 39 heavy (non-hydrogen) atoms. The maximum Gasteiger partial charge on any atom is 0.243 e. The van der Waals surface area contributed by atoms with Gasteiger partial charge < -0.3 is 24.4 Å². The van der Waals surface area contributed by atoms with Crippen LogP contribution in [0.3, 0.4) is 0 Å². The molecule has 0 fully saturated rings. The number of ether oxygens (including phenoxy) is 3. The number of amides is 2. The van der Waals surface area contributed by atoms with Crippen LogP contribution < -0.4 is 19.5 Å². The zero-order valence-corrected chi connectivity index (χ0v) is 23.8. The van der Waals surface area contributed by atoms with Crippen LogP contribution >= 0.6 is 0 Å². The summed E-state index contributed by atoms with van der Waals surface area (Å²) in [5.41, 5.74) is 2.36. The van der Waals surface area contributed by atoms with Crippen molar-refractivity contribution in [1.82, 2.24) is 10.2 Å². The molecule has 0 aliphatic carbocycles. The fraction of sp³-hybridized carbons (Fsp3) is 0.375. The number of rotatable bonds is 12. The van der Waals surface area contributed by atoms with Crippen molar-refractivity contribution in [2.45, 2.75) is 58.2 Å². The van der Waals surface area contributed by atoms with Gasteiger partial charge in [0.2, 0.25) is 11.8 Å². The minimum Gasteiger partial charge on any atom is -0.497 e. The van der Waals surface area contributed by atoms with Crippen LogP contribution in [0.5, 0.6) is 17.2 Å². The third-order valence-corrected chi connectivity index (χ3v) is 6.33. The number of methoxy groups -OCH3 is 3. The number of nitrogens with zero attached hydrogens (tertiary/aromatic N) is 1. The monoisotopic (exact) mass is 532 g/mol. The fourth-order valence-corrected chi connectivity index (χ4v) is 4.41. The molecule has 208 valence electrons. The van der Waals surface area contributed by atoms with E-state index in [2.05, 4.69) is 5.32 Å². The van der Waals surface area contributed by atoms with E-state index in [9.17, 15) is 9.59 Å². The predicted molar refractivity (Wildman–Crippen MR) is 153 cm³/mol. The first-order chi connectivity index (χ1) is 18.6. The molecule has 0 aromatic heterocycles. The molecule has 0 radical (unpaired) electrons. The normalized spacial score (nSPS) is 11.8. The average Bonchev–Trinajstić information content (AvgIpc) is 2.93. The first-order valence-electron chi connectivity index (χ1n) is 13.1. The molecule has 0 saturated carbocycles. The number of hydrogen-bond donors (Lipinski definition) is 1. The highest BCUT2D eigenvalue weighted by molar-refractivity contribution is 5.88. The van der Waals surface area contributed by atoms with Crippen molar-refractivity contribution >= 4 is 11.8 Å². The number of carbonyl (C=O) groups is 2. The SMILES string of the molecule is COc1cccc(CN(C(=O)CCc2ccc(OC)c(OC)c2)C(Cc2ccccc2)C(=O)NC(C)(C)C)c1. The van der Waals surface area contributed by atoms with Gasteiger partial charge in [-0.25, -0.2) is 0 Å². The summed E-state index contributed by atoms with van der Waals surface area (Å²) in [6.45, 7) is 6.10. The van der Waals surface area contributed by atoms with E-state index >= 15 is 0 Å². The number of benzene rings is 3. The van der Waals surface area contributed by atoms with Gasteiger partial charge >= 0.3 is 0 Å². The summed E-state index contributed by atoms with van der Waals surface area (Å²) in [5, 5.41) is 3.10. The van der Waals surface area contributed by atoms with Gasteiger partial charge in [-0.05, 0) is 68.1 Å². The summed E-state index contributed by atoms with van der Waals surface area (Å²) in [6.07, 6.45) is 1.12. The second-order valence-corrected chi connectivity index (χ2v) is 10.5. The summed E-state index contributed by atoms with van der Waals surface area (Å²) in [6, 6.07) is 22.3. The van der Waals surface area contributed by atoms with E-state index in [1.54, 1.807) is 26.2 Å². The smallest absolute Gasteiger partial charge is 0.243 e. The molecule has 7 nitrogen and oxygen atoms in total.